The number of carboxylic acid groups (broad SMARTS) is 2. The molecule has 0 aliphatic rings. The van der Waals surface area contributed by atoms with Gasteiger partial charge in [0.15, 0.2) is 0 Å². The van der Waals surface area contributed by atoms with Gasteiger partial charge in [0.05, 0.1) is 0 Å². The van der Waals surface area contributed by atoms with Crippen LogP contribution in [0.15, 0.2) is 0 Å². The van der Waals surface area contributed by atoms with E-state index < -0.39 is 12.2 Å². The predicted molar refractivity (Wildman–Crippen MR) is 130 cm³/mol. The number of unbranched alkanes of at least 4 members (excludes halogenated alkanes) is 18. The van der Waals surface area contributed by atoms with Gasteiger partial charge in [-0.05, 0) is 12.8 Å². The molecule has 0 saturated carbocycles. The van der Waals surface area contributed by atoms with Crippen LogP contribution in [0.1, 0.15) is 142 Å². The Hall–Kier alpha value is -0.837. The molecular weight excluding hydrogens is 470 g/mol. The van der Waals surface area contributed by atoms with Crippen molar-refractivity contribution in [3.8, 4) is 0 Å². The standard InChI is InChI=1S/C25H51NO2.CH3NO2.Zn/c1-3-5-7-9-11-13-15-17-19-21-23-26(25(27)28)24-22-20-18-16-14-12-10-8-6-4-2;2-1(3)4;/h3-24H2,1-2H3,(H,27,28);2H2,(H,3,4);/q;;+2/p-2. The Morgan fingerprint density at radius 3 is 0.970 bits per heavy atom. The summed E-state index contributed by atoms with van der Waals surface area (Å²) in [6.07, 6.45) is 23.1. The Kier molecular flexibility index (Phi) is 34.7. The van der Waals surface area contributed by atoms with Gasteiger partial charge in [0.2, 0.25) is 0 Å². The van der Waals surface area contributed by atoms with Gasteiger partial charge in [-0.1, -0.05) is 129 Å². The number of hydrogen-bond donors (Lipinski definition) is 1. The molecule has 2 amide bonds. The van der Waals surface area contributed by atoms with Crippen LogP contribution in [0.25, 0.3) is 0 Å². The maximum Gasteiger partial charge on any atom is 2.00 e. The SMILES string of the molecule is CCCCCCCCCCCCN(CCCCCCCCCCCC)C(=O)[O-].NC(=O)[O-].[Zn+2]. The molecule has 33 heavy (non-hydrogen) atoms. The van der Waals surface area contributed by atoms with E-state index in [1.807, 2.05) is 0 Å². The van der Waals surface area contributed by atoms with Crippen molar-refractivity contribution in [1.82, 2.24) is 4.90 Å². The second-order valence-electron chi connectivity index (χ2n) is 8.94. The van der Waals surface area contributed by atoms with Crippen LogP contribution in [0, 0.1) is 0 Å². The molecule has 0 saturated heterocycles. The Morgan fingerprint density at radius 2 is 0.758 bits per heavy atom. The molecule has 0 atom stereocenters. The van der Waals surface area contributed by atoms with Crippen molar-refractivity contribution in [1.29, 1.82) is 0 Å². The molecule has 0 spiro atoms. The summed E-state index contributed by atoms with van der Waals surface area (Å²) in [4.78, 5) is 21.5. The molecule has 0 radical (unpaired) electrons. The monoisotopic (exact) mass is 520 g/mol. The predicted octanol–water partition coefficient (Wildman–Crippen LogP) is 5.76. The third kappa shape index (κ3) is 35.9. The zero-order chi connectivity index (χ0) is 24.3. The molecule has 0 unspecified atom stereocenters. The van der Waals surface area contributed by atoms with E-state index in [4.69, 9.17) is 9.90 Å². The van der Waals surface area contributed by atoms with Gasteiger partial charge >= 0.3 is 19.5 Å². The summed E-state index contributed by atoms with van der Waals surface area (Å²) in [7, 11) is 0. The quantitative estimate of drug-likeness (QED) is 0.144. The van der Waals surface area contributed by atoms with Gasteiger partial charge < -0.3 is 30.4 Å². The van der Waals surface area contributed by atoms with Gasteiger partial charge in [0.25, 0.3) is 0 Å². The van der Waals surface area contributed by atoms with E-state index in [0.717, 1.165) is 25.7 Å². The van der Waals surface area contributed by atoms with Crippen molar-refractivity contribution in [2.75, 3.05) is 13.1 Å². The van der Waals surface area contributed by atoms with Crippen molar-refractivity contribution < 1.29 is 39.3 Å². The first kappa shape index (κ1) is 36.7. The molecule has 0 rings (SSSR count). The van der Waals surface area contributed by atoms with Crippen molar-refractivity contribution in [3.05, 3.63) is 0 Å². The van der Waals surface area contributed by atoms with Gasteiger partial charge in [-0.3, -0.25) is 0 Å². The van der Waals surface area contributed by atoms with Gasteiger partial charge in [-0.15, -0.1) is 0 Å². The van der Waals surface area contributed by atoms with Crippen LogP contribution >= 0.6 is 0 Å². The fourth-order valence-electron chi connectivity index (χ4n) is 3.87. The molecule has 0 aliphatic carbocycles. The number of nitrogens with two attached hydrogens (primary N) is 1. The molecule has 0 aromatic carbocycles. The number of rotatable bonds is 22. The van der Waals surface area contributed by atoms with E-state index in [9.17, 15) is 9.90 Å². The summed E-state index contributed by atoms with van der Waals surface area (Å²) in [5, 5.41) is 20.0. The maximum atomic E-state index is 11.3. The van der Waals surface area contributed by atoms with Crippen LogP contribution in [-0.2, 0) is 19.5 Å². The van der Waals surface area contributed by atoms with Crippen molar-refractivity contribution in [2.45, 2.75) is 142 Å². The van der Waals surface area contributed by atoms with Crippen LogP contribution in [0.3, 0.4) is 0 Å². The third-order valence-electron chi connectivity index (χ3n) is 5.82. The van der Waals surface area contributed by atoms with Crippen LogP contribution in [0.5, 0.6) is 0 Å². The first-order chi connectivity index (χ1) is 15.5. The molecule has 0 heterocycles. The Morgan fingerprint density at radius 1 is 0.545 bits per heavy atom. The Bertz CT molecular complexity index is 384. The third-order valence-corrected chi connectivity index (χ3v) is 5.82. The van der Waals surface area contributed by atoms with Crippen molar-refractivity contribution >= 4 is 12.2 Å². The fourth-order valence-corrected chi connectivity index (χ4v) is 3.87. The summed E-state index contributed by atoms with van der Waals surface area (Å²) in [6, 6.07) is 0. The van der Waals surface area contributed by atoms with Crippen molar-refractivity contribution in [2.24, 2.45) is 5.73 Å². The molecule has 6 nitrogen and oxygen atoms in total. The Balaban J connectivity index is -0.00000165. The zero-order valence-corrected chi connectivity index (χ0v) is 24.9. The van der Waals surface area contributed by atoms with E-state index in [0.29, 0.717) is 13.1 Å². The molecule has 0 aliphatic heterocycles. The van der Waals surface area contributed by atoms with Gasteiger partial charge in [-0.25, -0.2) is 0 Å². The smallest absolute Gasteiger partial charge is 0.530 e. The fraction of sp³-hybridized carbons (Fsp3) is 0.923. The van der Waals surface area contributed by atoms with E-state index in [1.165, 1.54) is 108 Å². The molecule has 7 heteroatoms. The van der Waals surface area contributed by atoms with Gasteiger partial charge in [0, 0.05) is 13.1 Å². The second-order valence-corrected chi connectivity index (χ2v) is 8.94. The molecule has 2 N–H and O–H groups in total. The van der Waals surface area contributed by atoms with E-state index in [-0.39, 0.29) is 19.5 Å². The second kappa shape index (κ2) is 31.2. The van der Waals surface area contributed by atoms with Crippen LogP contribution < -0.4 is 15.9 Å². The molecule has 0 aromatic heterocycles. The maximum absolute atomic E-state index is 11.3. The first-order valence-corrected chi connectivity index (χ1v) is 13.4. The topological polar surface area (TPSA) is 110 Å². The normalized spacial score (nSPS) is 10.1. The van der Waals surface area contributed by atoms with E-state index in [1.54, 1.807) is 0 Å². The van der Waals surface area contributed by atoms with E-state index >= 15 is 0 Å². The molecule has 0 aromatic rings. The first-order valence-electron chi connectivity index (χ1n) is 13.4. The molecular formula is C26H52N2O4Zn. The summed E-state index contributed by atoms with van der Waals surface area (Å²) < 4.78 is 0. The van der Waals surface area contributed by atoms with Crippen LogP contribution in [-0.4, -0.2) is 30.2 Å². The average Bonchev–Trinajstić information content (AvgIpc) is 2.74. The number of nitrogens with zero attached hydrogens (tertiary/aromatic N) is 1. The zero-order valence-electron chi connectivity index (χ0n) is 21.9. The average molecular weight is 522 g/mol. The number of carbonyl (C=O) groups excluding carboxylic acids is 2. The summed E-state index contributed by atoms with van der Waals surface area (Å²) in [5.41, 5.74) is 3.92. The number of hydrogen-bond acceptors (Lipinski definition) is 4. The van der Waals surface area contributed by atoms with E-state index in [2.05, 4.69) is 19.6 Å². The van der Waals surface area contributed by atoms with Gasteiger partial charge in [-0.2, -0.15) is 0 Å². The minimum absolute atomic E-state index is 0. The minimum atomic E-state index is -1.58. The molecule has 0 fully saturated rings. The molecule has 0 bridgehead atoms. The molecule has 192 valence electrons. The summed E-state index contributed by atoms with van der Waals surface area (Å²) >= 11 is 0. The minimum Gasteiger partial charge on any atom is -0.530 e. The number of amides is 2. The van der Waals surface area contributed by atoms with Gasteiger partial charge in [0.1, 0.15) is 12.2 Å². The van der Waals surface area contributed by atoms with Crippen LogP contribution in [0.4, 0.5) is 9.59 Å². The number of primary amides is 1. The summed E-state index contributed by atoms with van der Waals surface area (Å²) in [5.74, 6) is 0. The Labute approximate surface area is 217 Å². The van der Waals surface area contributed by atoms with Crippen LogP contribution in [0.2, 0.25) is 0 Å². The number of carbonyl (C=O) groups is 2. The summed E-state index contributed by atoms with van der Waals surface area (Å²) in [6.45, 7) is 5.84. The largest absolute Gasteiger partial charge is 2.00 e. The van der Waals surface area contributed by atoms with Crippen molar-refractivity contribution in [3.63, 3.8) is 0 Å².